The summed E-state index contributed by atoms with van der Waals surface area (Å²) in [6.45, 7) is 1.85. The maximum Gasteiger partial charge on any atom is 0.261 e. The van der Waals surface area contributed by atoms with Gasteiger partial charge in [0.05, 0.1) is 20.1 Å². The number of rotatable bonds is 3. The van der Waals surface area contributed by atoms with Crippen LogP contribution in [0.25, 0.3) is 0 Å². The molecule has 0 unspecified atom stereocenters. The van der Waals surface area contributed by atoms with Gasteiger partial charge in [-0.25, -0.2) is 12.8 Å². The fraction of sp³-hybridized carbons (Fsp3) is 0.0769. The molecular weight excluding hydrogens is 369 g/mol. The van der Waals surface area contributed by atoms with Gasteiger partial charge in [-0.1, -0.05) is 29.3 Å². The van der Waals surface area contributed by atoms with Crippen LogP contribution in [-0.2, 0) is 10.0 Å². The molecule has 1 N–H and O–H groups in total. The Hall–Kier alpha value is -1.11. The summed E-state index contributed by atoms with van der Waals surface area (Å²) in [5.74, 6) is -0.601. The monoisotopic (exact) mass is 377 g/mol. The predicted molar refractivity (Wildman–Crippen MR) is 81.1 cm³/mol. The lowest BCUT2D eigenvalue weighted by molar-refractivity contribution is 0.601. The summed E-state index contributed by atoms with van der Waals surface area (Å²) in [7, 11) is -3.80. The number of nitrogens with one attached hydrogen (secondary N) is 1. The minimum absolute atomic E-state index is 0.00654. The van der Waals surface area contributed by atoms with Crippen molar-refractivity contribution in [3.05, 3.63) is 57.3 Å². The molecule has 0 aromatic heterocycles. The third kappa shape index (κ3) is 3.31. The van der Waals surface area contributed by atoms with Gasteiger partial charge in [-0.05, 0) is 41.1 Å². The van der Waals surface area contributed by atoms with Crippen molar-refractivity contribution in [2.45, 2.75) is 11.8 Å². The summed E-state index contributed by atoms with van der Waals surface area (Å²) in [6, 6.07) is 8.63. The first-order chi connectivity index (χ1) is 9.29. The highest BCUT2D eigenvalue weighted by molar-refractivity contribution is 9.10. The Morgan fingerprint density at radius 1 is 1.20 bits per heavy atom. The summed E-state index contributed by atoms with van der Waals surface area (Å²) >= 11 is 8.87. The zero-order valence-corrected chi connectivity index (χ0v) is 13.5. The normalized spacial score (nSPS) is 11.4. The van der Waals surface area contributed by atoms with Crippen LogP contribution < -0.4 is 4.72 Å². The van der Waals surface area contributed by atoms with Crippen molar-refractivity contribution < 1.29 is 12.8 Å². The molecule has 0 saturated carbocycles. The van der Waals surface area contributed by atoms with Crippen LogP contribution in [0.5, 0.6) is 0 Å². The first-order valence-corrected chi connectivity index (χ1v) is 8.19. The van der Waals surface area contributed by atoms with Crippen molar-refractivity contribution in [1.29, 1.82) is 0 Å². The fourth-order valence-electron chi connectivity index (χ4n) is 1.52. The molecule has 0 aliphatic carbocycles. The van der Waals surface area contributed by atoms with E-state index in [9.17, 15) is 12.8 Å². The zero-order valence-electron chi connectivity index (χ0n) is 10.3. The molecule has 0 aliphatic heterocycles. The van der Waals surface area contributed by atoms with Gasteiger partial charge in [0.15, 0.2) is 0 Å². The molecule has 0 spiro atoms. The average Bonchev–Trinajstić information content (AvgIpc) is 2.36. The minimum Gasteiger partial charge on any atom is -0.278 e. The van der Waals surface area contributed by atoms with Crippen LogP contribution in [0.2, 0.25) is 5.02 Å². The molecule has 2 aromatic carbocycles. The van der Waals surface area contributed by atoms with Gasteiger partial charge in [-0.2, -0.15) is 0 Å². The van der Waals surface area contributed by atoms with Crippen molar-refractivity contribution in [3.63, 3.8) is 0 Å². The second kappa shape index (κ2) is 5.71. The van der Waals surface area contributed by atoms with Gasteiger partial charge in [0.1, 0.15) is 5.82 Å². The summed E-state index contributed by atoms with van der Waals surface area (Å²) in [5, 5.41) is 0.106. The van der Waals surface area contributed by atoms with Crippen LogP contribution in [0.15, 0.2) is 45.8 Å². The maximum atomic E-state index is 13.4. The first kappa shape index (κ1) is 15.3. The summed E-state index contributed by atoms with van der Waals surface area (Å²) in [4.78, 5) is 0.0856. The Morgan fingerprint density at radius 2 is 1.80 bits per heavy atom. The van der Waals surface area contributed by atoms with E-state index in [0.29, 0.717) is 0 Å². The molecule has 0 saturated heterocycles. The lowest BCUT2D eigenvalue weighted by Gasteiger charge is -2.10. The largest absolute Gasteiger partial charge is 0.278 e. The van der Waals surface area contributed by atoms with Crippen LogP contribution in [0.3, 0.4) is 0 Å². The second-order valence-electron chi connectivity index (χ2n) is 4.16. The van der Waals surface area contributed by atoms with Crippen molar-refractivity contribution in [2.75, 3.05) is 4.72 Å². The van der Waals surface area contributed by atoms with Crippen molar-refractivity contribution in [1.82, 2.24) is 0 Å². The fourth-order valence-corrected chi connectivity index (χ4v) is 3.33. The quantitative estimate of drug-likeness (QED) is 0.807. The number of aryl methyl sites for hydroxylation is 1. The third-order valence-electron chi connectivity index (χ3n) is 2.59. The number of hydrogen-bond donors (Lipinski definition) is 1. The molecule has 0 fully saturated rings. The van der Waals surface area contributed by atoms with Crippen LogP contribution in [0.1, 0.15) is 5.56 Å². The number of halogens is 3. The van der Waals surface area contributed by atoms with Crippen molar-refractivity contribution >= 4 is 43.2 Å². The molecule has 0 bridgehead atoms. The van der Waals surface area contributed by atoms with Gasteiger partial charge in [0, 0.05) is 6.07 Å². The van der Waals surface area contributed by atoms with Gasteiger partial charge in [-0.15, -0.1) is 0 Å². The number of benzene rings is 2. The van der Waals surface area contributed by atoms with E-state index in [-0.39, 0.29) is 20.1 Å². The van der Waals surface area contributed by atoms with Crippen LogP contribution in [0.4, 0.5) is 10.1 Å². The third-order valence-corrected chi connectivity index (χ3v) is 4.89. The highest BCUT2D eigenvalue weighted by Crippen LogP contribution is 2.30. The summed E-state index contributed by atoms with van der Waals surface area (Å²) in [5.41, 5.74) is 0.935. The Labute approximate surface area is 130 Å². The van der Waals surface area contributed by atoms with Crippen molar-refractivity contribution in [3.8, 4) is 0 Å². The van der Waals surface area contributed by atoms with Gasteiger partial charge in [0.25, 0.3) is 10.0 Å². The molecule has 2 rings (SSSR count). The molecule has 0 amide bonds. The number of anilines is 1. The predicted octanol–water partition coefficient (Wildman–Crippen LogP) is 4.35. The Kier molecular flexibility index (Phi) is 4.36. The Bertz CT molecular complexity index is 748. The average molecular weight is 379 g/mol. The lowest BCUT2D eigenvalue weighted by Crippen LogP contribution is -2.13. The van der Waals surface area contributed by atoms with Gasteiger partial charge in [-0.3, -0.25) is 4.72 Å². The molecule has 20 heavy (non-hydrogen) atoms. The number of hydrogen-bond acceptors (Lipinski definition) is 2. The molecule has 0 radical (unpaired) electrons. The zero-order chi connectivity index (χ0) is 14.9. The smallest absolute Gasteiger partial charge is 0.261 e. The van der Waals surface area contributed by atoms with Gasteiger partial charge < -0.3 is 0 Å². The summed E-state index contributed by atoms with van der Waals surface area (Å²) in [6.07, 6.45) is 0. The highest BCUT2D eigenvalue weighted by Gasteiger charge is 2.17. The van der Waals surface area contributed by atoms with Crippen molar-refractivity contribution in [2.24, 2.45) is 0 Å². The molecule has 106 valence electrons. The Balaban J connectivity index is 2.38. The van der Waals surface area contributed by atoms with E-state index in [4.69, 9.17) is 11.6 Å². The molecule has 0 aliphatic rings. The van der Waals surface area contributed by atoms with E-state index in [1.807, 2.05) is 6.92 Å². The van der Waals surface area contributed by atoms with E-state index >= 15 is 0 Å². The second-order valence-corrected chi connectivity index (χ2v) is 7.11. The molecule has 2 aromatic rings. The number of sulfonamides is 1. The Morgan fingerprint density at radius 3 is 2.40 bits per heavy atom. The van der Waals surface area contributed by atoms with Crippen LogP contribution >= 0.6 is 27.5 Å². The standard InChI is InChI=1S/C13H10BrClFNO2S/c1-8-2-4-9(5-3-8)20(18,19)17-13-7-12(16)10(14)6-11(13)15/h2-7,17H,1H3. The molecular formula is C13H10BrClFNO2S. The summed E-state index contributed by atoms with van der Waals surface area (Å²) < 4.78 is 40.2. The minimum atomic E-state index is -3.80. The first-order valence-electron chi connectivity index (χ1n) is 5.53. The van der Waals surface area contributed by atoms with E-state index in [1.54, 1.807) is 12.1 Å². The molecule has 0 heterocycles. The lowest BCUT2D eigenvalue weighted by atomic mass is 10.2. The maximum absolute atomic E-state index is 13.4. The van der Waals surface area contributed by atoms with E-state index in [0.717, 1.165) is 11.6 Å². The van der Waals surface area contributed by atoms with Gasteiger partial charge >= 0.3 is 0 Å². The van der Waals surface area contributed by atoms with E-state index in [1.165, 1.54) is 18.2 Å². The van der Waals surface area contributed by atoms with Crippen LogP contribution in [-0.4, -0.2) is 8.42 Å². The topological polar surface area (TPSA) is 46.2 Å². The van der Waals surface area contributed by atoms with Crippen LogP contribution in [0, 0.1) is 12.7 Å². The van der Waals surface area contributed by atoms with Gasteiger partial charge in [0.2, 0.25) is 0 Å². The highest BCUT2D eigenvalue weighted by atomic mass is 79.9. The van der Waals surface area contributed by atoms with E-state index in [2.05, 4.69) is 20.7 Å². The molecule has 7 heteroatoms. The van der Waals surface area contributed by atoms with E-state index < -0.39 is 15.8 Å². The SMILES string of the molecule is Cc1ccc(S(=O)(=O)Nc2cc(F)c(Br)cc2Cl)cc1. The molecule has 3 nitrogen and oxygen atoms in total. The molecule has 0 atom stereocenters.